The van der Waals surface area contributed by atoms with Gasteiger partial charge in [-0.25, -0.2) is 4.98 Å². The van der Waals surface area contributed by atoms with Gasteiger partial charge in [-0.3, -0.25) is 0 Å². The van der Waals surface area contributed by atoms with Crippen molar-refractivity contribution in [3.05, 3.63) is 30.7 Å². The zero-order chi connectivity index (χ0) is 13.5. The molecule has 0 aliphatic carbocycles. The molecule has 0 spiro atoms. The van der Waals surface area contributed by atoms with Gasteiger partial charge in [-0.05, 0) is 18.6 Å². The standard InChI is InChI=1S/C11H13N5O2S/c12-9-6-14-16(8-9)19(17,18)10-2-3-11(13-7-10)15-4-1-5-15/h2-3,6-8H,1,4-5,12H2. The third-order valence-electron chi connectivity index (χ3n) is 3.03. The molecule has 0 radical (unpaired) electrons. The van der Waals surface area contributed by atoms with E-state index in [0.29, 0.717) is 5.69 Å². The fourth-order valence-corrected chi connectivity index (χ4v) is 2.89. The summed E-state index contributed by atoms with van der Waals surface area (Å²) in [7, 11) is -3.70. The molecule has 1 aliphatic rings. The van der Waals surface area contributed by atoms with Crippen LogP contribution in [0.5, 0.6) is 0 Å². The average molecular weight is 279 g/mol. The Morgan fingerprint density at radius 3 is 2.47 bits per heavy atom. The zero-order valence-corrected chi connectivity index (χ0v) is 10.9. The average Bonchev–Trinajstić information content (AvgIpc) is 2.75. The predicted molar refractivity (Wildman–Crippen MR) is 70.3 cm³/mol. The van der Waals surface area contributed by atoms with Crippen molar-refractivity contribution in [2.45, 2.75) is 11.3 Å². The van der Waals surface area contributed by atoms with E-state index in [9.17, 15) is 8.42 Å². The predicted octanol–water partition coefficient (Wildman–Crippen LogP) is 0.307. The van der Waals surface area contributed by atoms with Crippen LogP contribution in [-0.2, 0) is 10.0 Å². The first-order valence-electron chi connectivity index (χ1n) is 5.84. The van der Waals surface area contributed by atoms with Crippen LogP contribution >= 0.6 is 0 Å². The maximum absolute atomic E-state index is 12.2. The fraction of sp³-hybridized carbons (Fsp3) is 0.273. The summed E-state index contributed by atoms with van der Waals surface area (Å²) in [4.78, 5) is 6.36. The highest BCUT2D eigenvalue weighted by Gasteiger charge is 2.20. The molecule has 0 amide bonds. The third-order valence-corrected chi connectivity index (χ3v) is 4.55. The van der Waals surface area contributed by atoms with Gasteiger partial charge in [0.05, 0.1) is 18.1 Å². The van der Waals surface area contributed by atoms with Crippen molar-refractivity contribution in [2.24, 2.45) is 0 Å². The van der Waals surface area contributed by atoms with Gasteiger partial charge in [-0.1, -0.05) is 0 Å². The highest BCUT2D eigenvalue weighted by Crippen LogP contribution is 2.20. The van der Waals surface area contributed by atoms with E-state index in [0.717, 1.165) is 29.4 Å². The lowest BCUT2D eigenvalue weighted by Gasteiger charge is -2.31. The molecule has 2 aromatic heterocycles. The van der Waals surface area contributed by atoms with Crippen molar-refractivity contribution in [3.8, 4) is 0 Å². The number of anilines is 2. The van der Waals surface area contributed by atoms with Crippen LogP contribution in [0.4, 0.5) is 11.5 Å². The summed E-state index contributed by atoms with van der Waals surface area (Å²) in [6, 6.07) is 3.24. The maximum atomic E-state index is 12.2. The first-order valence-corrected chi connectivity index (χ1v) is 7.28. The summed E-state index contributed by atoms with van der Waals surface area (Å²) >= 11 is 0. The van der Waals surface area contributed by atoms with Gasteiger partial charge >= 0.3 is 0 Å². The molecule has 0 aromatic carbocycles. The molecule has 0 saturated carbocycles. The number of hydrogen-bond acceptors (Lipinski definition) is 6. The molecular formula is C11H13N5O2S. The number of pyridine rings is 1. The second-order valence-electron chi connectivity index (χ2n) is 4.34. The van der Waals surface area contributed by atoms with Crippen molar-refractivity contribution in [1.29, 1.82) is 0 Å². The largest absolute Gasteiger partial charge is 0.396 e. The van der Waals surface area contributed by atoms with Crippen molar-refractivity contribution in [2.75, 3.05) is 23.7 Å². The van der Waals surface area contributed by atoms with Gasteiger partial charge < -0.3 is 10.6 Å². The number of rotatable bonds is 3. The van der Waals surface area contributed by atoms with Crippen molar-refractivity contribution in [1.82, 2.24) is 14.2 Å². The van der Waals surface area contributed by atoms with Crippen LogP contribution in [-0.4, -0.2) is 35.7 Å². The van der Waals surface area contributed by atoms with E-state index in [4.69, 9.17) is 5.73 Å². The minimum Gasteiger partial charge on any atom is -0.396 e. The van der Waals surface area contributed by atoms with Gasteiger partial charge in [0.15, 0.2) is 0 Å². The quantitative estimate of drug-likeness (QED) is 0.869. The lowest BCUT2D eigenvalue weighted by atomic mass is 10.2. The first kappa shape index (κ1) is 12.0. The van der Waals surface area contributed by atoms with Gasteiger partial charge in [-0.2, -0.15) is 17.6 Å². The van der Waals surface area contributed by atoms with Crippen molar-refractivity contribution < 1.29 is 8.42 Å². The SMILES string of the molecule is Nc1cnn(S(=O)(=O)c2ccc(N3CCC3)nc2)c1. The molecule has 3 heterocycles. The molecule has 19 heavy (non-hydrogen) atoms. The molecule has 8 heteroatoms. The van der Waals surface area contributed by atoms with Crippen LogP contribution in [0.3, 0.4) is 0 Å². The molecule has 3 rings (SSSR count). The molecular weight excluding hydrogens is 266 g/mol. The van der Waals surface area contributed by atoms with Gasteiger partial charge in [0, 0.05) is 19.3 Å². The Hall–Kier alpha value is -2.09. The highest BCUT2D eigenvalue weighted by atomic mass is 32.2. The lowest BCUT2D eigenvalue weighted by molar-refractivity contribution is 0.579. The van der Waals surface area contributed by atoms with E-state index >= 15 is 0 Å². The third kappa shape index (κ3) is 2.03. The summed E-state index contributed by atoms with van der Waals surface area (Å²) in [6.45, 7) is 1.93. The number of nitrogens with zero attached hydrogens (tertiary/aromatic N) is 4. The van der Waals surface area contributed by atoms with E-state index in [2.05, 4.69) is 15.0 Å². The van der Waals surface area contributed by atoms with Crippen LogP contribution < -0.4 is 10.6 Å². The molecule has 1 aliphatic heterocycles. The van der Waals surface area contributed by atoms with Crippen LogP contribution in [0, 0.1) is 0 Å². The highest BCUT2D eigenvalue weighted by molar-refractivity contribution is 7.89. The monoisotopic (exact) mass is 279 g/mol. The van der Waals surface area contributed by atoms with Crippen LogP contribution in [0.1, 0.15) is 6.42 Å². The molecule has 0 bridgehead atoms. The summed E-state index contributed by atoms with van der Waals surface area (Å²) in [5.74, 6) is 0.796. The number of hydrogen-bond donors (Lipinski definition) is 1. The Bertz CT molecular complexity index is 688. The second kappa shape index (κ2) is 4.23. The van der Waals surface area contributed by atoms with Crippen LogP contribution in [0.15, 0.2) is 35.6 Å². The zero-order valence-electron chi connectivity index (χ0n) is 10.1. The number of nitrogen functional groups attached to an aromatic ring is 1. The topological polar surface area (TPSA) is 94.1 Å². The minimum absolute atomic E-state index is 0.0971. The van der Waals surface area contributed by atoms with E-state index in [1.807, 2.05) is 0 Å². The summed E-state index contributed by atoms with van der Waals surface area (Å²) in [5.41, 5.74) is 5.77. The van der Waals surface area contributed by atoms with Gasteiger partial charge in [0.2, 0.25) is 0 Å². The molecule has 2 aromatic rings. The molecule has 7 nitrogen and oxygen atoms in total. The Kier molecular flexibility index (Phi) is 2.67. The molecule has 1 saturated heterocycles. The normalized spacial score (nSPS) is 15.3. The fourth-order valence-electron chi connectivity index (χ4n) is 1.81. The Balaban J connectivity index is 1.93. The van der Waals surface area contributed by atoms with Crippen LogP contribution in [0.2, 0.25) is 0 Å². The summed E-state index contributed by atoms with van der Waals surface area (Å²) < 4.78 is 25.3. The maximum Gasteiger partial charge on any atom is 0.284 e. The van der Waals surface area contributed by atoms with Crippen molar-refractivity contribution in [3.63, 3.8) is 0 Å². The van der Waals surface area contributed by atoms with E-state index in [1.165, 1.54) is 24.7 Å². The summed E-state index contributed by atoms with van der Waals surface area (Å²) in [6.07, 6.45) is 5.05. The molecule has 2 N–H and O–H groups in total. The van der Waals surface area contributed by atoms with E-state index in [-0.39, 0.29) is 4.90 Å². The smallest absolute Gasteiger partial charge is 0.284 e. The van der Waals surface area contributed by atoms with Gasteiger partial charge in [-0.15, -0.1) is 0 Å². The lowest BCUT2D eigenvalue weighted by Crippen LogP contribution is -2.37. The number of aromatic nitrogens is 3. The van der Waals surface area contributed by atoms with E-state index in [1.54, 1.807) is 6.07 Å². The second-order valence-corrected chi connectivity index (χ2v) is 6.14. The van der Waals surface area contributed by atoms with E-state index < -0.39 is 10.0 Å². The molecule has 0 atom stereocenters. The Morgan fingerprint density at radius 2 is 2.00 bits per heavy atom. The molecule has 100 valence electrons. The molecule has 0 unspecified atom stereocenters. The number of nitrogens with two attached hydrogens (primary N) is 1. The first-order chi connectivity index (χ1) is 9.07. The van der Waals surface area contributed by atoms with Crippen molar-refractivity contribution >= 4 is 21.5 Å². The molecule has 1 fully saturated rings. The van der Waals surface area contributed by atoms with Gasteiger partial charge in [0.25, 0.3) is 10.0 Å². The minimum atomic E-state index is -3.70. The van der Waals surface area contributed by atoms with Crippen LogP contribution in [0.25, 0.3) is 0 Å². The Labute approximate surface area is 110 Å². The summed E-state index contributed by atoms with van der Waals surface area (Å²) in [5, 5.41) is 3.71. The van der Waals surface area contributed by atoms with Gasteiger partial charge in [0.1, 0.15) is 10.7 Å². The Morgan fingerprint density at radius 1 is 1.21 bits per heavy atom.